The van der Waals surface area contributed by atoms with Crippen LogP contribution in [0.4, 0.5) is 19.1 Å². The Morgan fingerprint density at radius 1 is 1.30 bits per heavy atom. The summed E-state index contributed by atoms with van der Waals surface area (Å²) in [4.78, 5) is 18.3. The van der Waals surface area contributed by atoms with Crippen molar-refractivity contribution in [2.24, 2.45) is 0 Å². The minimum atomic E-state index is -2.98. The molecule has 154 valence electrons. The number of hydrogen-bond donors (Lipinski definition) is 3. The van der Waals surface area contributed by atoms with E-state index in [1.807, 2.05) is 6.07 Å². The van der Waals surface area contributed by atoms with Crippen LogP contribution in [-0.2, 0) is 6.54 Å². The number of carbonyl (C=O) groups excluding carboxylic acids is 1. The van der Waals surface area contributed by atoms with Gasteiger partial charge in [0.15, 0.2) is 11.1 Å². The maximum Gasteiger partial charge on any atom is 0.271 e. The number of hydrogen-bond acceptors (Lipinski definition) is 4. The van der Waals surface area contributed by atoms with E-state index in [4.69, 9.17) is 34.2 Å². The van der Waals surface area contributed by atoms with Gasteiger partial charge in [0.05, 0.1) is 11.6 Å². The van der Waals surface area contributed by atoms with Gasteiger partial charge in [0.2, 0.25) is 0 Å². The van der Waals surface area contributed by atoms with Gasteiger partial charge in [-0.1, -0.05) is 35.3 Å². The number of aromatic nitrogens is 2. The summed E-state index contributed by atoms with van der Waals surface area (Å²) in [5.74, 6) is -1.76. The molecule has 0 aliphatic rings. The molecule has 0 saturated carbocycles. The first kappa shape index (κ1) is 21.5. The molecule has 0 atom stereocenters. The third kappa shape index (κ3) is 4.35. The fourth-order valence-electron chi connectivity index (χ4n) is 2.83. The molecule has 3 aromatic rings. The number of halogens is 5. The predicted molar refractivity (Wildman–Crippen MR) is 106 cm³/mol. The minimum absolute atomic E-state index is 0.0180. The van der Waals surface area contributed by atoms with Crippen LogP contribution < -0.4 is 11.1 Å². The average molecular weight is 454 g/mol. The van der Waals surface area contributed by atoms with Crippen molar-refractivity contribution in [1.82, 2.24) is 15.3 Å². The maximum absolute atomic E-state index is 15.2. The van der Waals surface area contributed by atoms with E-state index in [1.54, 1.807) is 0 Å². The number of nitrogens with zero attached hydrogens (tertiary/aromatic N) is 2. The van der Waals surface area contributed by atoms with Crippen LogP contribution in [0.1, 0.15) is 33.6 Å². The Bertz CT molecular complexity index is 1170. The van der Waals surface area contributed by atoms with Crippen molar-refractivity contribution in [3.05, 3.63) is 68.7 Å². The molecular weight excluding hydrogens is 442 g/mol. The summed E-state index contributed by atoms with van der Waals surface area (Å²) in [6, 6.07) is 7.90. The van der Waals surface area contributed by atoms with Crippen molar-refractivity contribution < 1.29 is 18.0 Å². The number of nitrogen functional groups attached to an aromatic ring is 1. The number of rotatable bonds is 5. The Balaban J connectivity index is 1.99. The number of H-pyrrole nitrogens is 1. The third-order valence-electron chi connectivity index (χ3n) is 4.15. The molecule has 4 N–H and O–H groups in total. The lowest BCUT2D eigenvalue weighted by Gasteiger charge is -2.15. The monoisotopic (exact) mass is 453 g/mol. The molecular formula is C19H12Cl2F3N5O. The number of alkyl halides is 2. The van der Waals surface area contributed by atoms with Crippen LogP contribution in [0, 0.1) is 17.1 Å². The molecule has 11 heteroatoms. The van der Waals surface area contributed by atoms with Gasteiger partial charge in [0.1, 0.15) is 11.5 Å². The van der Waals surface area contributed by atoms with Crippen molar-refractivity contribution in [3.63, 3.8) is 0 Å². The summed E-state index contributed by atoms with van der Waals surface area (Å²) in [6.45, 7) is -0.331. The molecule has 0 radical (unpaired) electrons. The summed E-state index contributed by atoms with van der Waals surface area (Å²) in [5.41, 5.74) is 4.36. The van der Waals surface area contributed by atoms with Gasteiger partial charge in [0, 0.05) is 28.3 Å². The highest BCUT2D eigenvalue weighted by Crippen LogP contribution is 2.36. The Kier molecular flexibility index (Phi) is 6.20. The summed E-state index contributed by atoms with van der Waals surface area (Å²) in [5, 5.41) is 11.4. The summed E-state index contributed by atoms with van der Waals surface area (Å²) in [7, 11) is 0. The molecule has 0 fully saturated rings. The second-order valence-corrected chi connectivity index (χ2v) is 6.91. The zero-order valence-corrected chi connectivity index (χ0v) is 16.5. The van der Waals surface area contributed by atoms with Crippen LogP contribution in [0.2, 0.25) is 10.2 Å². The Hall–Kier alpha value is -3.22. The molecule has 0 saturated heterocycles. The number of anilines is 1. The van der Waals surface area contributed by atoms with Gasteiger partial charge in [0.25, 0.3) is 12.3 Å². The van der Waals surface area contributed by atoms with E-state index in [1.165, 1.54) is 18.2 Å². The number of carbonyl (C=O) groups is 1. The van der Waals surface area contributed by atoms with E-state index in [-0.39, 0.29) is 45.1 Å². The Labute approximate surface area is 178 Å². The van der Waals surface area contributed by atoms with Crippen molar-refractivity contribution in [2.45, 2.75) is 13.0 Å². The highest BCUT2D eigenvalue weighted by atomic mass is 35.5. The van der Waals surface area contributed by atoms with Crippen LogP contribution in [0.3, 0.4) is 0 Å². The number of amides is 1. The molecule has 1 amide bonds. The fourth-order valence-corrected chi connectivity index (χ4v) is 3.29. The van der Waals surface area contributed by atoms with Crippen LogP contribution >= 0.6 is 23.2 Å². The van der Waals surface area contributed by atoms with E-state index in [9.17, 15) is 13.6 Å². The van der Waals surface area contributed by atoms with E-state index in [0.29, 0.717) is 0 Å². The second-order valence-electron chi connectivity index (χ2n) is 6.11. The fraction of sp³-hybridized carbons (Fsp3) is 0.105. The average Bonchev–Trinajstić information content (AvgIpc) is 3.03. The zero-order valence-electron chi connectivity index (χ0n) is 14.9. The van der Waals surface area contributed by atoms with Crippen LogP contribution in [0.25, 0.3) is 11.1 Å². The largest absolute Gasteiger partial charge is 0.369 e. The number of benzene rings is 2. The minimum Gasteiger partial charge on any atom is -0.369 e. The van der Waals surface area contributed by atoms with Gasteiger partial charge < -0.3 is 16.0 Å². The number of nitriles is 1. The highest BCUT2D eigenvalue weighted by Gasteiger charge is 2.22. The number of aromatic amines is 1. The van der Waals surface area contributed by atoms with Crippen molar-refractivity contribution in [1.29, 1.82) is 5.26 Å². The molecule has 0 spiro atoms. The third-order valence-corrected chi connectivity index (χ3v) is 4.64. The molecule has 3 rings (SSSR count). The van der Waals surface area contributed by atoms with E-state index >= 15 is 4.39 Å². The van der Waals surface area contributed by atoms with Gasteiger partial charge in [-0.2, -0.15) is 5.26 Å². The smallest absolute Gasteiger partial charge is 0.271 e. The number of nitrogens with two attached hydrogens (primary N) is 1. The second kappa shape index (κ2) is 8.65. The first-order chi connectivity index (χ1) is 14.2. The molecule has 6 nitrogen and oxygen atoms in total. The van der Waals surface area contributed by atoms with Gasteiger partial charge >= 0.3 is 0 Å². The Morgan fingerprint density at radius 3 is 2.63 bits per heavy atom. The van der Waals surface area contributed by atoms with Crippen LogP contribution in [0.5, 0.6) is 0 Å². The van der Waals surface area contributed by atoms with Crippen molar-refractivity contribution in [3.8, 4) is 17.2 Å². The van der Waals surface area contributed by atoms with E-state index in [2.05, 4.69) is 15.3 Å². The van der Waals surface area contributed by atoms with Gasteiger partial charge in [-0.3, -0.25) is 4.79 Å². The lowest BCUT2D eigenvalue weighted by Crippen LogP contribution is -2.24. The van der Waals surface area contributed by atoms with Gasteiger partial charge in [-0.25, -0.2) is 18.2 Å². The molecule has 2 aromatic carbocycles. The number of imidazole rings is 1. The van der Waals surface area contributed by atoms with Crippen LogP contribution in [0.15, 0.2) is 30.3 Å². The lowest BCUT2D eigenvalue weighted by molar-refractivity contribution is 0.0946. The van der Waals surface area contributed by atoms with Crippen molar-refractivity contribution in [2.75, 3.05) is 5.73 Å². The standard InChI is InChI=1S/C19H12Cl2F3N5O/c20-11-4-8(6-25)3-10(5-11)13-12(17(23)24)2-1-9(14(13)22)7-27-18(30)15-16(21)29-19(26)28-15/h1-5,17H,7H2,(H,27,30)(H3,26,28,29). The summed E-state index contributed by atoms with van der Waals surface area (Å²) >= 11 is 11.7. The first-order valence-electron chi connectivity index (χ1n) is 8.31. The maximum atomic E-state index is 15.2. The Morgan fingerprint density at radius 2 is 2.03 bits per heavy atom. The van der Waals surface area contributed by atoms with Crippen LogP contribution in [-0.4, -0.2) is 15.9 Å². The van der Waals surface area contributed by atoms with Gasteiger partial charge in [-0.15, -0.1) is 0 Å². The van der Waals surface area contributed by atoms with Gasteiger partial charge in [-0.05, 0) is 23.8 Å². The summed E-state index contributed by atoms with van der Waals surface area (Å²) in [6.07, 6.45) is -2.98. The molecule has 1 aromatic heterocycles. The first-order valence-corrected chi connectivity index (χ1v) is 9.06. The molecule has 0 unspecified atom stereocenters. The molecule has 1 heterocycles. The van der Waals surface area contributed by atoms with E-state index in [0.717, 1.165) is 12.1 Å². The molecule has 0 aliphatic carbocycles. The normalized spacial score (nSPS) is 10.8. The predicted octanol–water partition coefficient (Wildman–Crippen LogP) is 4.84. The quantitative estimate of drug-likeness (QED) is 0.513. The summed E-state index contributed by atoms with van der Waals surface area (Å²) < 4.78 is 42.2. The molecule has 0 bridgehead atoms. The topological polar surface area (TPSA) is 108 Å². The zero-order chi connectivity index (χ0) is 22.0. The molecule has 30 heavy (non-hydrogen) atoms. The highest BCUT2D eigenvalue weighted by molar-refractivity contribution is 6.32. The van der Waals surface area contributed by atoms with Crippen molar-refractivity contribution >= 4 is 35.1 Å². The SMILES string of the molecule is N#Cc1cc(Cl)cc(-c2c(C(F)F)ccc(CNC(=O)c3[nH]c(N)nc3Cl)c2F)c1. The number of nitrogens with one attached hydrogen (secondary N) is 2. The van der Waals surface area contributed by atoms with E-state index < -0.39 is 29.3 Å². The molecule has 0 aliphatic heterocycles. The lowest BCUT2D eigenvalue weighted by atomic mass is 9.95.